The molecule has 0 unspecified atom stereocenters. The molecule has 2 rings (SSSR count). The van der Waals surface area contributed by atoms with E-state index in [9.17, 15) is 15.0 Å². The first-order chi connectivity index (χ1) is 11.3. The van der Waals surface area contributed by atoms with Gasteiger partial charge in [-0.15, -0.1) is 0 Å². The van der Waals surface area contributed by atoms with Crippen molar-refractivity contribution in [3.63, 3.8) is 0 Å². The number of phenolic OH excluding ortho intramolecular Hbond substituents is 1. The zero-order chi connectivity index (χ0) is 17.7. The second-order valence-electron chi connectivity index (χ2n) is 6.25. The first-order valence-electron chi connectivity index (χ1n) is 8.08. The van der Waals surface area contributed by atoms with Gasteiger partial charge in [0.15, 0.2) is 0 Å². The zero-order valence-electron chi connectivity index (χ0n) is 14.4. The molecule has 2 aromatic rings. The Morgan fingerprint density at radius 1 is 1.21 bits per heavy atom. The Morgan fingerprint density at radius 3 is 2.46 bits per heavy atom. The fourth-order valence-electron chi connectivity index (χ4n) is 2.41. The Kier molecular flexibility index (Phi) is 5.57. The molecule has 24 heavy (non-hydrogen) atoms. The smallest absolute Gasteiger partial charge is 0.257 e. The van der Waals surface area contributed by atoms with Gasteiger partial charge in [0.05, 0.1) is 11.2 Å². The molecule has 1 heterocycles. The highest BCUT2D eigenvalue weighted by Gasteiger charge is 2.18. The van der Waals surface area contributed by atoms with Crippen LogP contribution in [0.5, 0.6) is 5.75 Å². The van der Waals surface area contributed by atoms with Gasteiger partial charge in [-0.1, -0.05) is 18.2 Å². The van der Waals surface area contributed by atoms with Crippen LogP contribution in [0.4, 0.5) is 0 Å². The number of hydrogen-bond donors (Lipinski definition) is 2. The summed E-state index contributed by atoms with van der Waals surface area (Å²) in [4.78, 5) is 18.6. The summed E-state index contributed by atoms with van der Waals surface area (Å²) in [6.45, 7) is 6.40. The van der Waals surface area contributed by atoms with Gasteiger partial charge < -0.3 is 15.1 Å². The standard InChI is InChI=1S/C19H24N2O3/c1-4-21(18(23)16-7-5-6-8-17(16)22)12-11-15-10-9-14(13-20-15)19(2,3)24/h5-10,13,22,24H,4,11-12H2,1-3H3. The summed E-state index contributed by atoms with van der Waals surface area (Å²) in [5, 5.41) is 19.8. The highest BCUT2D eigenvalue weighted by Crippen LogP contribution is 2.19. The second kappa shape index (κ2) is 7.45. The fourth-order valence-corrected chi connectivity index (χ4v) is 2.41. The summed E-state index contributed by atoms with van der Waals surface area (Å²) >= 11 is 0. The van der Waals surface area contributed by atoms with Gasteiger partial charge in [-0.25, -0.2) is 0 Å². The van der Waals surface area contributed by atoms with E-state index < -0.39 is 5.60 Å². The van der Waals surface area contributed by atoms with Gasteiger partial charge in [0.2, 0.25) is 0 Å². The van der Waals surface area contributed by atoms with Gasteiger partial charge in [0.1, 0.15) is 5.75 Å². The molecule has 0 aliphatic heterocycles. The molecule has 0 spiro atoms. The minimum Gasteiger partial charge on any atom is -0.507 e. The third-order valence-corrected chi connectivity index (χ3v) is 3.97. The van der Waals surface area contributed by atoms with Crippen molar-refractivity contribution in [1.82, 2.24) is 9.88 Å². The number of phenols is 1. The van der Waals surface area contributed by atoms with Crippen LogP contribution in [-0.2, 0) is 12.0 Å². The van der Waals surface area contributed by atoms with Crippen LogP contribution in [-0.4, -0.2) is 39.1 Å². The summed E-state index contributed by atoms with van der Waals surface area (Å²) in [5.74, 6) is -0.197. The lowest BCUT2D eigenvalue weighted by Crippen LogP contribution is -2.33. The van der Waals surface area contributed by atoms with E-state index in [1.165, 1.54) is 6.07 Å². The molecule has 0 aliphatic carbocycles. The predicted octanol–water partition coefficient (Wildman–Crippen LogP) is 2.72. The Hall–Kier alpha value is -2.40. The summed E-state index contributed by atoms with van der Waals surface area (Å²) in [6.07, 6.45) is 2.27. The second-order valence-corrected chi connectivity index (χ2v) is 6.25. The van der Waals surface area contributed by atoms with Gasteiger partial charge in [-0.05, 0) is 39.0 Å². The number of carbonyl (C=O) groups excluding carboxylic acids is 1. The number of aromatic hydroxyl groups is 1. The minimum absolute atomic E-state index is 0.00592. The molecule has 0 atom stereocenters. The van der Waals surface area contributed by atoms with Gasteiger partial charge in [0.25, 0.3) is 5.91 Å². The van der Waals surface area contributed by atoms with Crippen LogP contribution in [0.3, 0.4) is 0 Å². The quantitative estimate of drug-likeness (QED) is 0.855. The van der Waals surface area contributed by atoms with Crippen LogP contribution in [0.1, 0.15) is 42.4 Å². The van der Waals surface area contributed by atoms with Crippen LogP contribution in [0, 0.1) is 0 Å². The molecule has 0 saturated carbocycles. The number of nitrogens with zero attached hydrogens (tertiary/aromatic N) is 2. The first kappa shape index (κ1) is 17.9. The van der Waals surface area contributed by atoms with Gasteiger partial charge in [0, 0.05) is 37.0 Å². The van der Waals surface area contributed by atoms with E-state index in [0.717, 1.165) is 11.3 Å². The molecular weight excluding hydrogens is 304 g/mol. The molecule has 0 aliphatic rings. The highest BCUT2D eigenvalue weighted by molar-refractivity contribution is 5.96. The van der Waals surface area contributed by atoms with Gasteiger partial charge >= 0.3 is 0 Å². The fraction of sp³-hybridized carbons (Fsp3) is 0.368. The average Bonchev–Trinajstić information content (AvgIpc) is 2.55. The van der Waals surface area contributed by atoms with Crippen LogP contribution in [0.2, 0.25) is 0 Å². The number of amides is 1. The minimum atomic E-state index is -0.915. The van der Waals surface area contributed by atoms with Crippen molar-refractivity contribution in [2.24, 2.45) is 0 Å². The van der Waals surface area contributed by atoms with E-state index >= 15 is 0 Å². The topological polar surface area (TPSA) is 73.7 Å². The van der Waals surface area contributed by atoms with E-state index in [-0.39, 0.29) is 11.7 Å². The number of benzene rings is 1. The number of carbonyl (C=O) groups is 1. The van der Waals surface area contributed by atoms with Crippen molar-refractivity contribution < 1.29 is 15.0 Å². The maximum Gasteiger partial charge on any atom is 0.257 e. The van der Waals surface area contributed by atoms with Gasteiger partial charge in [-0.3, -0.25) is 9.78 Å². The van der Waals surface area contributed by atoms with E-state index in [4.69, 9.17) is 0 Å². The number of pyridine rings is 1. The number of likely N-dealkylation sites (N-methyl/N-ethyl adjacent to an activating group) is 1. The molecule has 1 amide bonds. The summed E-state index contributed by atoms with van der Waals surface area (Å²) in [5.41, 5.74) is 1.00. The summed E-state index contributed by atoms with van der Waals surface area (Å²) < 4.78 is 0. The molecule has 2 N–H and O–H groups in total. The Balaban J connectivity index is 2.04. The largest absolute Gasteiger partial charge is 0.507 e. The van der Waals surface area contributed by atoms with Gasteiger partial charge in [-0.2, -0.15) is 0 Å². The lowest BCUT2D eigenvalue weighted by Gasteiger charge is -2.21. The number of para-hydroxylation sites is 1. The van der Waals surface area contributed by atoms with Crippen molar-refractivity contribution in [3.05, 3.63) is 59.4 Å². The molecule has 128 valence electrons. The third kappa shape index (κ3) is 4.32. The zero-order valence-corrected chi connectivity index (χ0v) is 14.4. The van der Waals surface area contributed by atoms with E-state index in [0.29, 0.717) is 25.1 Å². The maximum absolute atomic E-state index is 12.5. The molecule has 0 saturated heterocycles. The predicted molar refractivity (Wildman–Crippen MR) is 92.9 cm³/mol. The van der Waals surface area contributed by atoms with Crippen molar-refractivity contribution in [1.29, 1.82) is 0 Å². The highest BCUT2D eigenvalue weighted by atomic mass is 16.3. The summed E-state index contributed by atoms with van der Waals surface area (Å²) in [6, 6.07) is 10.3. The summed E-state index contributed by atoms with van der Waals surface area (Å²) in [7, 11) is 0. The van der Waals surface area contributed by atoms with E-state index in [1.54, 1.807) is 43.1 Å². The van der Waals surface area contributed by atoms with Crippen molar-refractivity contribution in [2.75, 3.05) is 13.1 Å². The SMILES string of the molecule is CCN(CCc1ccc(C(C)(C)O)cn1)C(=O)c1ccccc1O. The van der Waals surface area contributed by atoms with Crippen LogP contribution in [0.15, 0.2) is 42.6 Å². The number of rotatable bonds is 6. The number of hydrogen-bond acceptors (Lipinski definition) is 4. The lowest BCUT2D eigenvalue weighted by atomic mass is 10.0. The molecular formula is C19H24N2O3. The third-order valence-electron chi connectivity index (χ3n) is 3.97. The van der Waals surface area contributed by atoms with Crippen molar-refractivity contribution >= 4 is 5.91 Å². The Bertz CT molecular complexity index is 691. The molecule has 5 heteroatoms. The molecule has 0 fully saturated rings. The van der Waals surface area contributed by atoms with Crippen molar-refractivity contribution in [2.45, 2.75) is 32.8 Å². The number of aromatic nitrogens is 1. The molecule has 1 aromatic carbocycles. The maximum atomic E-state index is 12.5. The Labute approximate surface area is 142 Å². The van der Waals surface area contributed by atoms with Crippen molar-refractivity contribution in [3.8, 4) is 5.75 Å². The van der Waals surface area contributed by atoms with Crippen LogP contribution in [0.25, 0.3) is 0 Å². The lowest BCUT2D eigenvalue weighted by molar-refractivity contribution is 0.0762. The molecule has 0 bridgehead atoms. The first-order valence-corrected chi connectivity index (χ1v) is 8.08. The van der Waals surface area contributed by atoms with Crippen LogP contribution < -0.4 is 0 Å². The molecule has 5 nitrogen and oxygen atoms in total. The molecule has 0 radical (unpaired) electrons. The monoisotopic (exact) mass is 328 g/mol. The van der Waals surface area contributed by atoms with Crippen LogP contribution >= 0.6 is 0 Å². The van der Waals surface area contributed by atoms with E-state index in [2.05, 4.69) is 4.98 Å². The normalized spacial score (nSPS) is 11.3. The van der Waals surface area contributed by atoms with E-state index in [1.807, 2.05) is 19.1 Å². The molecule has 1 aromatic heterocycles. The number of aliphatic hydroxyl groups is 1. The Morgan fingerprint density at radius 2 is 1.92 bits per heavy atom. The average molecular weight is 328 g/mol.